The quantitative estimate of drug-likeness (QED) is 0.177. The monoisotopic (exact) mass is 780 g/mol. The Bertz CT molecular complexity index is 2440. The van der Waals surface area contributed by atoms with Crippen LogP contribution in [0.4, 0.5) is 0 Å². The molecule has 0 spiro atoms. The molecular weight excluding hydrogens is 732 g/mol. The molecule has 3 aromatic heterocycles. The molecule has 0 saturated carbocycles. The largest absolute Gasteiger partial charge is 0.469 e. The first-order valence-corrected chi connectivity index (χ1v) is 18.8. The van der Waals surface area contributed by atoms with Gasteiger partial charge in [-0.25, -0.2) is 14.4 Å². The zero-order valence-electron chi connectivity index (χ0n) is 33.9. The van der Waals surface area contributed by atoms with Gasteiger partial charge in [-0.2, -0.15) is 0 Å². The molecule has 5 heterocycles. The topological polar surface area (TPSA) is 189 Å². The van der Waals surface area contributed by atoms with Crippen LogP contribution in [0.1, 0.15) is 112 Å². The van der Waals surface area contributed by atoms with Gasteiger partial charge >= 0.3 is 29.8 Å². The molecule has 14 heteroatoms. The summed E-state index contributed by atoms with van der Waals surface area (Å²) in [6.45, 7) is 9.64. The fourth-order valence-corrected chi connectivity index (χ4v) is 8.62. The average Bonchev–Trinajstić information content (AvgIpc) is 3.88. The molecule has 4 atom stereocenters. The lowest BCUT2D eigenvalue weighted by atomic mass is 9.64. The normalized spacial score (nSPS) is 19.8. The van der Waals surface area contributed by atoms with Crippen molar-refractivity contribution in [3.05, 3.63) is 86.5 Å². The van der Waals surface area contributed by atoms with Crippen molar-refractivity contribution in [2.75, 3.05) is 35.5 Å². The highest BCUT2D eigenvalue weighted by Crippen LogP contribution is 2.52. The van der Waals surface area contributed by atoms with Gasteiger partial charge in [0.05, 0.1) is 74.7 Å². The summed E-state index contributed by atoms with van der Waals surface area (Å²) in [4.78, 5) is 84.0. The van der Waals surface area contributed by atoms with Gasteiger partial charge in [0.15, 0.2) is 0 Å². The molecule has 300 valence electrons. The third-order valence-corrected chi connectivity index (χ3v) is 11.8. The smallest absolute Gasteiger partial charge is 0.341 e. The highest BCUT2D eigenvalue weighted by Gasteiger charge is 2.53. The summed E-state index contributed by atoms with van der Waals surface area (Å²) < 4.78 is 26.0. The lowest BCUT2D eigenvalue weighted by Gasteiger charge is -2.36. The van der Waals surface area contributed by atoms with Crippen molar-refractivity contribution in [2.24, 2.45) is 5.92 Å². The van der Waals surface area contributed by atoms with Crippen molar-refractivity contribution >= 4 is 57.5 Å². The summed E-state index contributed by atoms with van der Waals surface area (Å²) >= 11 is 0. The predicted molar refractivity (Wildman–Crippen MR) is 210 cm³/mol. The Labute approximate surface area is 330 Å². The van der Waals surface area contributed by atoms with E-state index in [1.165, 1.54) is 35.5 Å². The Morgan fingerprint density at radius 1 is 0.772 bits per heavy atom. The van der Waals surface area contributed by atoms with Crippen LogP contribution in [0, 0.1) is 19.8 Å². The Balaban J connectivity index is 1.82. The SMILES string of the molecule is CCc1c(C)c2cc3nc(c(C(=O)OC)c4[nH]c(cc5nc(cc1[nH]2)C1(C)C5=CC=C(C(=O)OC)C1C(=O)OC)c(C)c4C(=O)OC)[C@@H](CCCC(=O)OC)[C@@H]3C. The first kappa shape index (κ1) is 40.6. The van der Waals surface area contributed by atoms with E-state index >= 15 is 0 Å². The second-order valence-corrected chi connectivity index (χ2v) is 14.6. The number of aromatic amines is 2. The molecule has 1 aliphatic carbocycles. The number of hydrogen-bond donors (Lipinski definition) is 2. The minimum absolute atomic E-state index is 0.0521. The van der Waals surface area contributed by atoms with Crippen LogP contribution >= 0.6 is 0 Å². The molecule has 8 bridgehead atoms. The molecule has 2 N–H and O–H groups in total. The number of allylic oxidation sites excluding steroid dienone is 3. The van der Waals surface area contributed by atoms with Gasteiger partial charge < -0.3 is 33.7 Å². The highest BCUT2D eigenvalue weighted by atomic mass is 16.5. The third kappa shape index (κ3) is 6.70. The molecule has 0 aromatic carbocycles. The number of aryl methyl sites for hydroxylation is 3. The maximum Gasteiger partial charge on any atom is 0.341 e. The van der Waals surface area contributed by atoms with Gasteiger partial charge in [-0.1, -0.05) is 26.0 Å². The Morgan fingerprint density at radius 3 is 2.07 bits per heavy atom. The molecule has 2 unspecified atom stereocenters. The Kier molecular flexibility index (Phi) is 11.3. The average molecular weight is 781 g/mol. The number of carbonyl (C=O) groups excluding carboxylic acids is 5. The molecule has 14 nitrogen and oxygen atoms in total. The third-order valence-electron chi connectivity index (χ3n) is 11.8. The highest BCUT2D eigenvalue weighted by molar-refractivity contribution is 6.09. The number of nitrogens with zero attached hydrogens (tertiary/aromatic N) is 2. The van der Waals surface area contributed by atoms with Crippen molar-refractivity contribution in [3.8, 4) is 0 Å². The fraction of sp³-hybridized carbons (Fsp3) is 0.419. The number of carbonyl (C=O) groups is 5. The van der Waals surface area contributed by atoms with E-state index in [9.17, 15) is 24.0 Å². The molecule has 6 rings (SSSR count). The summed E-state index contributed by atoms with van der Waals surface area (Å²) in [5.74, 6) is -4.81. The van der Waals surface area contributed by atoms with E-state index in [0.29, 0.717) is 58.7 Å². The van der Waals surface area contributed by atoms with Crippen molar-refractivity contribution < 1.29 is 47.7 Å². The number of hydrogen-bond acceptors (Lipinski definition) is 12. The number of ether oxygens (including phenoxy) is 5. The van der Waals surface area contributed by atoms with Crippen LogP contribution in [-0.4, -0.2) is 85.3 Å². The van der Waals surface area contributed by atoms with E-state index in [1.54, 1.807) is 25.1 Å². The van der Waals surface area contributed by atoms with Gasteiger partial charge in [-0.15, -0.1) is 0 Å². The van der Waals surface area contributed by atoms with E-state index in [0.717, 1.165) is 22.2 Å². The van der Waals surface area contributed by atoms with Gasteiger partial charge in [0.25, 0.3) is 0 Å². The second kappa shape index (κ2) is 15.8. The lowest BCUT2D eigenvalue weighted by molar-refractivity contribution is -0.149. The number of esters is 5. The van der Waals surface area contributed by atoms with Crippen LogP contribution in [0.15, 0.2) is 35.9 Å². The van der Waals surface area contributed by atoms with Gasteiger partial charge in [0, 0.05) is 40.5 Å². The Hall–Kier alpha value is -6.05. The summed E-state index contributed by atoms with van der Waals surface area (Å²) in [7, 11) is 6.38. The molecule has 3 aliphatic rings. The summed E-state index contributed by atoms with van der Waals surface area (Å²) in [6.07, 6.45) is 5.05. The van der Waals surface area contributed by atoms with E-state index in [1.807, 2.05) is 39.8 Å². The van der Waals surface area contributed by atoms with Crippen molar-refractivity contribution in [2.45, 2.75) is 77.6 Å². The number of fused-ring (bicyclic) bond motifs is 11. The van der Waals surface area contributed by atoms with Crippen LogP contribution in [-0.2, 0) is 49.9 Å². The van der Waals surface area contributed by atoms with E-state index in [4.69, 9.17) is 33.7 Å². The van der Waals surface area contributed by atoms with E-state index in [-0.39, 0.29) is 46.4 Å². The zero-order valence-corrected chi connectivity index (χ0v) is 33.9. The summed E-state index contributed by atoms with van der Waals surface area (Å²) in [6, 6.07) is 5.60. The molecule has 2 aliphatic heterocycles. The van der Waals surface area contributed by atoms with Gasteiger partial charge in [-0.05, 0) is 80.5 Å². The fourth-order valence-electron chi connectivity index (χ4n) is 8.62. The molecule has 0 saturated heterocycles. The number of H-pyrrole nitrogens is 2. The number of nitrogens with one attached hydrogen (secondary N) is 2. The number of rotatable bonds is 9. The van der Waals surface area contributed by atoms with Crippen LogP contribution in [0.2, 0.25) is 0 Å². The van der Waals surface area contributed by atoms with Crippen LogP contribution in [0.5, 0.6) is 0 Å². The molecule has 0 radical (unpaired) electrons. The van der Waals surface area contributed by atoms with E-state index < -0.39 is 35.2 Å². The molecular formula is C43H48N4O10. The Morgan fingerprint density at radius 2 is 1.44 bits per heavy atom. The predicted octanol–water partition coefficient (Wildman–Crippen LogP) is 6.54. The summed E-state index contributed by atoms with van der Waals surface area (Å²) in [5, 5.41) is 0. The minimum atomic E-state index is -1.22. The minimum Gasteiger partial charge on any atom is -0.469 e. The molecule has 0 fully saturated rings. The van der Waals surface area contributed by atoms with Gasteiger partial charge in [-0.3, -0.25) is 19.6 Å². The van der Waals surface area contributed by atoms with Gasteiger partial charge in [0.2, 0.25) is 0 Å². The molecule has 57 heavy (non-hydrogen) atoms. The van der Waals surface area contributed by atoms with Crippen LogP contribution in [0.3, 0.4) is 0 Å². The first-order valence-electron chi connectivity index (χ1n) is 18.8. The number of aromatic nitrogens is 4. The molecule has 0 amide bonds. The van der Waals surface area contributed by atoms with Crippen molar-refractivity contribution in [3.63, 3.8) is 0 Å². The second-order valence-electron chi connectivity index (χ2n) is 14.6. The van der Waals surface area contributed by atoms with Crippen molar-refractivity contribution in [1.29, 1.82) is 0 Å². The van der Waals surface area contributed by atoms with Crippen LogP contribution in [0.25, 0.3) is 27.6 Å². The van der Waals surface area contributed by atoms with Crippen molar-refractivity contribution in [1.82, 2.24) is 19.9 Å². The maximum atomic E-state index is 14.0. The van der Waals surface area contributed by atoms with Crippen LogP contribution < -0.4 is 0 Å². The molecule has 3 aromatic rings. The van der Waals surface area contributed by atoms with E-state index in [2.05, 4.69) is 9.97 Å². The summed E-state index contributed by atoms with van der Waals surface area (Å²) in [5.41, 5.74) is 6.18. The zero-order chi connectivity index (χ0) is 41.5. The lowest BCUT2D eigenvalue weighted by Crippen LogP contribution is -2.42. The van der Waals surface area contributed by atoms with Gasteiger partial charge in [0.1, 0.15) is 11.5 Å². The first-order chi connectivity index (χ1) is 27.2. The standard InChI is InChI=1S/C43H48N4O10/c1-11-23-20(2)27-17-28-21(3)24(13-12-14-33(48)53-6)37(46-28)35(41(51)56-9)38-34(40(50)55-8)22(4)29(47-38)18-31-26-16-15-25(39(49)54-7)36(42(52)57-10)43(26,5)32(45-31)19-30(23)44-27/h15-19,21,24,36,44,47H,11-14H2,1-10H3/t21-,24-,36?,43?/m0/s1. The maximum absolute atomic E-state index is 14.0. The number of methoxy groups -OCH3 is 5.